The summed E-state index contributed by atoms with van der Waals surface area (Å²) < 4.78 is 12.9. The number of rotatable bonds is 7. The summed E-state index contributed by atoms with van der Waals surface area (Å²) >= 11 is 0. The van der Waals surface area contributed by atoms with Crippen LogP contribution in [0.5, 0.6) is 0 Å². The van der Waals surface area contributed by atoms with Crippen molar-refractivity contribution in [1.82, 2.24) is 0 Å². The number of hydrogen-bond acceptors (Lipinski definition) is 3. The number of fused-ring (bicyclic) bond motifs is 8. The molecule has 2 aromatic heterocycles. The Balaban J connectivity index is 0.998. The Morgan fingerprint density at radius 1 is 0.279 bits per heavy atom. The molecular weight excluding hydrogens is 743 g/mol. The minimum Gasteiger partial charge on any atom is -0.456 e. The van der Waals surface area contributed by atoms with Crippen LogP contribution in [0, 0.1) is 0 Å². The van der Waals surface area contributed by atoms with Crippen LogP contribution >= 0.6 is 0 Å². The summed E-state index contributed by atoms with van der Waals surface area (Å²) in [4.78, 5) is 2.35. The zero-order valence-electron chi connectivity index (χ0n) is 33.1. The van der Waals surface area contributed by atoms with Crippen LogP contribution in [-0.2, 0) is 0 Å². The maximum Gasteiger partial charge on any atom is 0.143 e. The summed E-state index contributed by atoms with van der Waals surface area (Å²) in [7, 11) is 0. The molecular formula is C58H37NO2. The van der Waals surface area contributed by atoms with Crippen molar-refractivity contribution in [2.24, 2.45) is 0 Å². The maximum absolute atomic E-state index is 6.60. The molecule has 0 saturated heterocycles. The Hall–Kier alpha value is -8.14. The van der Waals surface area contributed by atoms with Crippen molar-refractivity contribution >= 4 is 71.7 Å². The van der Waals surface area contributed by atoms with Crippen LogP contribution in [-0.4, -0.2) is 0 Å². The Labute approximate surface area is 353 Å². The van der Waals surface area contributed by atoms with Gasteiger partial charge in [0, 0.05) is 44.0 Å². The predicted molar refractivity (Wildman–Crippen MR) is 255 cm³/mol. The average Bonchev–Trinajstić information content (AvgIpc) is 3.91. The summed E-state index contributed by atoms with van der Waals surface area (Å²) in [6.45, 7) is 0. The molecule has 0 saturated carbocycles. The third-order valence-electron chi connectivity index (χ3n) is 12.1. The molecule has 0 atom stereocenters. The van der Waals surface area contributed by atoms with Gasteiger partial charge >= 0.3 is 0 Å². The minimum absolute atomic E-state index is 0.869. The Morgan fingerprint density at radius 3 is 1.75 bits per heavy atom. The molecule has 0 amide bonds. The van der Waals surface area contributed by atoms with E-state index in [2.05, 4.69) is 217 Å². The molecule has 12 rings (SSSR count). The van der Waals surface area contributed by atoms with Gasteiger partial charge < -0.3 is 13.7 Å². The normalized spacial score (nSPS) is 11.6. The number of nitrogens with zero attached hydrogens (tertiary/aromatic N) is 1. The van der Waals surface area contributed by atoms with Crippen molar-refractivity contribution < 1.29 is 8.83 Å². The molecule has 3 heteroatoms. The minimum atomic E-state index is 0.869. The van der Waals surface area contributed by atoms with Crippen molar-refractivity contribution in [2.45, 2.75) is 0 Å². The molecule has 0 radical (unpaired) electrons. The third-order valence-corrected chi connectivity index (χ3v) is 12.1. The fraction of sp³-hybridized carbons (Fsp3) is 0. The van der Waals surface area contributed by atoms with E-state index in [1.165, 1.54) is 27.6 Å². The third kappa shape index (κ3) is 5.98. The van der Waals surface area contributed by atoms with E-state index in [1.807, 2.05) is 12.1 Å². The molecule has 2 heterocycles. The van der Waals surface area contributed by atoms with Gasteiger partial charge in [-0.2, -0.15) is 0 Å². The molecule has 0 fully saturated rings. The lowest BCUT2D eigenvalue weighted by molar-refractivity contribution is 0.669. The van der Waals surface area contributed by atoms with Gasteiger partial charge in [-0.05, 0) is 117 Å². The Kier molecular flexibility index (Phi) is 8.17. The van der Waals surface area contributed by atoms with E-state index in [0.29, 0.717) is 0 Å². The van der Waals surface area contributed by atoms with E-state index in [0.717, 1.165) is 88.6 Å². The Morgan fingerprint density at radius 2 is 0.918 bits per heavy atom. The first-order chi connectivity index (χ1) is 30.2. The largest absolute Gasteiger partial charge is 0.456 e. The zero-order chi connectivity index (χ0) is 40.3. The fourth-order valence-electron chi connectivity index (χ4n) is 9.16. The molecule has 12 aromatic rings. The quantitative estimate of drug-likeness (QED) is 0.161. The van der Waals surface area contributed by atoms with Crippen molar-refractivity contribution in [3.8, 4) is 44.5 Å². The Bertz CT molecular complexity index is 3580. The summed E-state index contributed by atoms with van der Waals surface area (Å²) in [6, 6.07) is 80.0. The van der Waals surface area contributed by atoms with Crippen LogP contribution in [0.25, 0.3) is 99.2 Å². The molecule has 3 nitrogen and oxygen atoms in total. The molecule has 0 unspecified atom stereocenters. The predicted octanol–water partition coefficient (Wildman–Crippen LogP) is 16.8. The standard InChI is InChI=1S/C58H37NO2/c1-3-13-39(14-4-1)47-32-28-42(36-52(47)40-15-5-2-6-16-40)38-25-29-44(30-26-38)59(46-31-34-55-53(37-46)50-21-9-10-23-54(50)60-55)45-19-11-18-43(35-45)48-22-12-24-56-57(48)51-33-27-41-17-7-8-20-49(41)58(51)61-56/h1-37H. The van der Waals surface area contributed by atoms with E-state index in [-0.39, 0.29) is 0 Å². The van der Waals surface area contributed by atoms with Gasteiger partial charge in [-0.25, -0.2) is 0 Å². The van der Waals surface area contributed by atoms with Crippen molar-refractivity contribution in [3.05, 3.63) is 224 Å². The van der Waals surface area contributed by atoms with Crippen molar-refractivity contribution in [1.29, 1.82) is 0 Å². The molecule has 0 aliphatic heterocycles. The molecule has 10 aromatic carbocycles. The first kappa shape index (κ1) is 34.9. The number of anilines is 3. The molecule has 0 aliphatic carbocycles. The highest BCUT2D eigenvalue weighted by molar-refractivity contribution is 6.19. The second kappa shape index (κ2) is 14.3. The maximum atomic E-state index is 6.60. The second-order valence-corrected chi connectivity index (χ2v) is 15.6. The highest BCUT2D eigenvalue weighted by Crippen LogP contribution is 2.44. The van der Waals surface area contributed by atoms with Gasteiger partial charge in [0.2, 0.25) is 0 Å². The molecule has 61 heavy (non-hydrogen) atoms. The van der Waals surface area contributed by atoms with Gasteiger partial charge in [0.1, 0.15) is 22.3 Å². The van der Waals surface area contributed by atoms with Gasteiger partial charge in [0.25, 0.3) is 0 Å². The summed E-state index contributed by atoms with van der Waals surface area (Å²) in [5.41, 5.74) is 16.1. The van der Waals surface area contributed by atoms with E-state index in [9.17, 15) is 0 Å². The average molecular weight is 780 g/mol. The SMILES string of the molecule is c1ccc(-c2ccc(-c3ccc(N(c4cccc(-c5cccc6oc7c8ccccc8ccc7c56)c4)c4ccc5oc6ccccc6c5c4)cc3)cc2-c2ccccc2)cc1. The fourth-order valence-corrected chi connectivity index (χ4v) is 9.16. The van der Waals surface area contributed by atoms with Crippen LogP contribution in [0.3, 0.4) is 0 Å². The van der Waals surface area contributed by atoms with Gasteiger partial charge in [-0.1, -0.05) is 158 Å². The van der Waals surface area contributed by atoms with Gasteiger partial charge in [0.05, 0.1) is 0 Å². The van der Waals surface area contributed by atoms with Crippen LogP contribution < -0.4 is 4.90 Å². The zero-order valence-corrected chi connectivity index (χ0v) is 33.1. The van der Waals surface area contributed by atoms with Gasteiger partial charge in [0.15, 0.2) is 0 Å². The molecule has 286 valence electrons. The monoisotopic (exact) mass is 779 g/mol. The first-order valence-corrected chi connectivity index (χ1v) is 20.7. The topological polar surface area (TPSA) is 29.5 Å². The second-order valence-electron chi connectivity index (χ2n) is 15.6. The van der Waals surface area contributed by atoms with E-state index in [1.54, 1.807) is 0 Å². The highest BCUT2D eigenvalue weighted by atomic mass is 16.3. The summed E-state index contributed by atoms with van der Waals surface area (Å²) in [5, 5.41) is 6.71. The van der Waals surface area contributed by atoms with Crippen LogP contribution in [0.1, 0.15) is 0 Å². The molecule has 0 N–H and O–H groups in total. The first-order valence-electron chi connectivity index (χ1n) is 20.7. The molecule has 0 bridgehead atoms. The smallest absolute Gasteiger partial charge is 0.143 e. The molecule has 0 spiro atoms. The molecule has 0 aliphatic rings. The van der Waals surface area contributed by atoms with Crippen LogP contribution in [0.15, 0.2) is 233 Å². The van der Waals surface area contributed by atoms with Crippen LogP contribution in [0.2, 0.25) is 0 Å². The van der Waals surface area contributed by atoms with E-state index >= 15 is 0 Å². The number of furan rings is 2. The lowest BCUT2D eigenvalue weighted by Crippen LogP contribution is -2.10. The lowest BCUT2D eigenvalue weighted by atomic mass is 9.91. The number of para-hydroxylation sites is 1. The lowest BCUT2D eigenvalue weighted by Gasteiger charge is -2.26. The van der Waals surface area contributed by atoms with E-state index < -0.39 is 0 Å². The van der Waals surface area contributed by atoms with E-state index in [4.69, 9.17) is 8.83 Å². The van der Waals surface area contributed by atoms with Crippen molar-refractivity contribution in [2.75, 3.05) is 4.90 Å². The van der Waals surface area contributed by atoms with Gasteiger partial charge in [-0.15, -0.1) is 0 Å². The number of benzene rings is 10. The number of hydrogen-bond donors (Lipinski definition) is 0. The highest BCUT2D eigenvalue weighted by Gasteiger charge is 2.19. The summed E-state index contributed by atoms with van der Waals surface area (Å²) in [6.07, 6.45) is 0. The van der Waals surface area contributed by atoms with Crippen LogP contribution in [0.4, 0.5) is 17.1 Å². The summed E-state index contributed by atoms with van der Waals surface area (Å²) in [5.74, 6) is 0. The van der Waals surface area contributed by atoms with Gasteiger partial charge in [-0.3, -0.25) is 0 Å². The van der Waals surface area contributed by atoms with Crippen molar-refractivity contribution in [3.63, 3.8) is 0 Å².